The molecule has 1 nitrogen and oxygen atoms in total. The van der Waals surface area contributed by atoms with Gasteiger partial charge in [0.2, 0.25) is 0 Å². The Labute approximate surface area is 170 Å². The van der Waals surface area contributed by atoms with Gasteiger partial charge in [0, 0.05) is 14.3 Å². The first-order chi connectivity index (χ1) is 13.3. The number of hydrogen-bond acceptors (Lipinski definition) is 1. The summed E-state index contributed by atoms with van der Waals surface area (Å²) in [5, 5.41) is 2.52. The first-order valence-electron chi connectivity index (χ1n) is 9.07. The molecule has 0 aliphatic heterocycles. The summed E-state index contributed by atoms with van der Waals surface area (Å²) in [5.41, 5.74) is 6.88. The molecule has 0 fully saturated rings. The van der Waals surface area contributed by atoms with Gasteiger partial charge in [0.15, 0.2) is 0 Å². The molecule has 6 rings (SSSR count). The van der Waals surface area contributed by atoms with Gasteiger partial charge in [0.1, 0.15) is 11.2 Å². The zero-order valence-corrected chi connectivity index (χ0v) is 16.6. The third kappa shape index (κ3) is 1.84. The molecule has 2 heteroatoms. The molecular weight excluding hydrogens is 443 g/mol. The second-order valence-corrected chi connectivity index (χ2v) is 8.22. The van der Waals surface area contributed by atoms with Crippen LogP contribution in [0.15, 0.2) is 95.4 Å². The Morgan fingerprint density at radius 1 is 0.593 bits per heavy atom. The van der Waals surface area contributed by atoms with Gasteiger partial charge in [0.25, 0.3) is 0 Å². The van der Waals surface area contributed by atoms with Crippen molar-refractivity contribution < 1.29 is 4.42 Å². The average Bonchev–Trinajstić information content (AvgIpc) is 3.26. The van der Waals surface area contributed by atoms with Gasteiger partial charge in [-0.3, -0.25) is 0 Å². The van der Waals surface area contributed by atoms with E-state index in [9.17, 15) is 0 Å². The highest BCUT2D eigenvalue weighted by atomic mass is 127. The van der Waals surface area contributed by atoms with Gasteiger partial charge in [0.05, 0.1) is 5.41 Å². The van der Waals surface area contributed by atoms with Gasteiger partial charge in [-0.25, -0.2) is 0 Å². The van der Waals surface area contributed by atoms with E-state index in [0.717, 1.165) is 11.2 Å². The summed E-state index contributed by atoms with van der Waals surface area (Å²) in [7, 11) is 0. The molecular formula is C25H15IO. The van der Waals surface area contributed by atoms with Crippen LogP contribution in [0.25, 0.3) is 21.9 Å². The molecule has 4 aromatic carbocycles. The fraction of sp³-hybridized carbons (Fsp3) is 0.0400. The zero-order chi connectivity index (χ0) is 18.0. The monoisotopic (exact) mass is 458 g/mol. The molecule has 1 aliphatic carbocycles. The molecule has 0 radical (unpaired) electrons. The Kier molecular flexibility index (Phi) is 3.13. The van der Waals surface area contributed by atoms with Gasteiger partial charge in [-0.05, 0) is 63.0 Å². The van der Waals surface area contributed by atoms with Crippen LogP contribution in [0, 0.1) is 3.57 Å². The third-order valence-electron chi connectivity index (χ3n) is 5.81. The molecule has 27 heavy (non-hydrogen) atoms. The predicted octanol–water partition coefficient (Wildman–Crippen LogP) is 6.89. The lowest BCUT2D eigenvalue weighted by atomic mass is 9.67. The third-order valence-corrected chi connectivity index (χ3v) is 6.70. The standard InChI is InChI=1S/C25H15IO/c26-19-14-15-21-23-22-18(12-7-13-20(22)27-21)25(24(19)23,16-8-3-1-4-9-16)17-10-5-2-6-11-17/h1-15H. The SMILES string of the molecule is Ic1ccc2oc3cccc4c3c2c1C4(c1ccccc1)c1ccccc1. The number of rotatable bonds is 2. The van der Waals surface area contributed by atoms with E-state index >= 15 is 0 Å². The Morgan fingerprint density at radius 3 is 1.89 bits per heavy atom. The van der Waals surface area contributed by atoms with Crippen molar-refractivity contribution in [2.75, 3.05) is 0 Å². The lowest BCUT2D eigenvalue weighted by Crippen LogP contribution is -2.29. The van der Waals surface area contributed by atoms with E-state index in [1.54, 1.807) is 0 Å². The van der Waals surface area contributed by atoms with Gasteiger partial charge < -0.3 is 4.42 Å². The van der Waals surface area contributed by atoms with Crippen molar-refractivity contribution in [2.24, 2.45) is 0 Å². The molecule has 0 spiro atoms. The molecule has 1 heterocycles. The largest absolute Gasteiger partial charge is 0.456 e. The number of benzene rings is 4. The smallest absolute Gasteiger partial charge is 0.135 e. The first kappa shape index (κ1) is 15.5. The first-order valence-corrected chi connectivity index (χ1v) is 10.2. The summed E-state index contributed by atoms with van der Waals surface area (Å²) >= 11 is 2.49. The molecule has 1 aromatic heterocycles. The molecule has 0 amide bonds. The summed E-state index contributed by atoms with van der Waals surface area (Å²) in [6, 6.07) is 32.5. The van der Waals surface area contributed by atoms with E-state index in [0.29, 0.717) is 0 Å². The Bertz CT molecular complexity index is 1280. The topological polar surface area (TPSA) is 13.1 Å². The van der Waals surface area contributed by atoms with Gasteiger partial charge >= 0.3 is 0 Å². The highest BCUT2D eigenvalue weighted by molar-refractivity contribution is 14.1. The molecule has 0 atom stereocenters. The summed E-state index contributed by atoms with van der Waals surface area (Å²) < 4.78 is 7.46. The minimum atomic E-state index is -0.320. The van der Waals surface area contributed by atoms with Crippen molar-refractivity contribution in [1.29, 1.82) is 0 Å². The number of furan rings is 1. The molecule has 1 aliphatic rings. The minimum Gasteiger partial charge on any atom is -0.456 e. The molecule has 0 unspecified atom stereocenters. The van der Waals surface area contributed by atoms with E-state index in [4.69, 9.17) is 4.42 Å². The zero-order valence-electron chi connectivity index (χ0n) is 14.4. The van der Waals surface area contributed by atoms with Crippen LogP contribution in [-0.2, 0) is 5.41 Å². The van der Waals surface area contributed by atoms with Crippen LogP contribution in [-0.4, -0.2) is 0 Å². The van der Waals surface area contributed by atoms with Crippen molar-refractivity contribution in [3.63, 3.8) is 0 Å². The van der Waals surface area contributed by atoms with Crippen LogP contribution in [0.1, 0.15) is 22.3 Å². The normalized spacial score (nSPS) is 14.4. The maximum absolute atomic E-state index is 6.19. The van der Waals surface area contributed by atoms with Crippen molar-refractivity contribution in [1.82, 2.24) is 0 Å². The van der Waals surface area contributed by atoms with Crippen LogP contribution >= 0.6 is 22.6 Å². The fourth-order valence-corrected chi connectivity index (χ4v) is 5.69. The Hall–Kier alpha value is -2.59. The molecule has 0 bridgehead atoms. The van der Waals surface area contributed by atoms with E-state index in [2.05, 4.69) is 114 Å². The second kappa shape index (κ2) is 5.46. The molecule has 0 saturated heterocycles. The Balaban J connectivity index is 1.91. The summed E-state index contributed by atoms with van der Waals surface area (Å²) in [6.07, 6.45) is 0. The van der Waals surface area contributed by atoms with Gasteiger partial charge in [-0.2, -0.15) is 0 Å². The average molecular weight is 458 g/mol. The van der Waals surface area contributed by atoms with Gasteiger partial charge in [-0.15, -0.1) is 0 Å². The summed E-state index contributed by atoms with van der Waals surface area (Å²) in [6.45, 7) is 0. The predicted molar refractivity (Wildman–Crippen MR) is 118 cm³/mol. The van der Waals surface area contributed by atoms with Crippen LogP contribution in [0.2, 0.25) is 0 Å². The minimum absolute atomic E-state index is 0.320. The van der Waals surface area contributed by atoms with Crippen LogP contribution in [0.4, 0.5) is 0 Å². The number of halogens is 1. The lowest BCUT2D eigenvalue weighted by Gasteiger charge is -2.35. The molecule has 5 aromatic rings. The maximum atomic E-state index is 6.19. The Morgan fingerprint density at radius 2 is 1.22 bits per heavy atom. The van der Waals surface area contributed by atoms with Crippen molar-refractivity contribution >= 4 is 44.5 Å². The van der Waals surface area contributed by atoms with Crippen molar-refractivity contribution in [2.45, 2.75) is 5.41 Å². The number of hydrogen-bond donors (Lipinski definition) is 0. The highest BCUT2D eigenvalue weighted by Gasteiger charge is 2.47. The maximum Gasteiger partial charge on any atom is 0.135 e. The van der Waals surface area contributed by atoms with Crippen LogP contribution in [0.5, 0.6) is 0 Å². The van der Waals surface area contributed by atoms with Gasteiger partial charge in [-0.1, -0.05) is 72.8 Å². The molecule has 128 valence electrons. The highest BCUT2D eigenvalue weighted by Crippen LogP contribution is 2.57. The quantitative estimate of drug-likeness (QED) is 0.258. The van der Waals surface area contributed by atoms with Crippen molar-refractivity contribution in [3.8, 4) is 0 Å². The fourth-order valence-electron chi connectivity index (χ4n) is 4.84. The summed E-state index contributed by atoms with van der Waals surface area (Å²) in [4.78, 5) is 0. The van der Waals surface area contributed by atoms with Crippen LogP contribution < -0.4 is 0 Å². The van der Waals surface area contributed by atoms with Crippen molar-refractivity contribution in [3.05, 3.63) is 117 Å². The lowest BCUT2D eigenvalue weighted by molar-refractivity contribution is 0.663. The van der Waals surface area contributed by atoms with E-state index < -0.39 is 0 Å². The molecule has 0 saturated carbocycles. The summed E-state index contributed by atoms with van der Waals surface area (Å²) in [5.74, 6) is 0. The molecule has 0 N–H and O–H groups in total. The van der Waals surface area contributed by atoms with E-state index in [1.165, 1.54) is 36.6 Å². The van der Waals surface area contributed by atoms with E-state index in [-0.39, 0.29) is 5.41 Å². The second-order valence-electron chi connectivity index (χ2n) is 7.06. The van der Waals surface area contributed by atoms with E-state index in [1.807, 2.05) is 0 Å². The van der Waals surface area contributed by atoms with Crippen LogP contribution in [0.3, 0.4) is 0 Å².